The first-order valence-electron chi connectivity index (χ1n) is 8.10. The van der Waals surface area contributed by atoms with E-state index in [-0.39, 0.29) is 0 Å². The van der Waals surface area contributed by atoms with E-state index in [0.717, 1.165) is 54.9 Å². The number of nitrogens with zero attached hydrogens (tertiary/aromatic N) is 3. The molecule has 1 aromatic carbocycles. The molecule has 3 rings (SSSR count). The van der Waals surface area contributed by atoms with E-state index < -0.39 is 6.03 Å². The fourth-order valence-corrected chi connectivity index (χ4v) is 3.19. The van der Waals surface area contributed by atoms with Crippen molar-refractivity contribution in [1.82, 2.24) is 20.2 Å². The standard InChI is InChI=1S/C17H23N5O/c1-12-16(21-15-7-3-2-6-14(15)20-12)11-22-8-4-5-13(10-22)9-19-17(18)23/h2-3,6-7,13H,4-5,8-11H2,1H3,(H3,18,19,23)/t13-/m0/s1. The summed E-state index contributed by atoms with van der Waals surface area (Å²) in [6.07, 6.45) is 2.25. The van der Waals surface area contributed by atoms with Crippen molar-refractivity contribution in [2.75, 3.05) is 19.6 Å². The number of likely N-dealkylation sites (tertiary alicyclic amines) is 1. The number of hydrogen-bond donors (Lipinski definition) is 2. The third-order valence-electron chi connectivity index (χ3n) is 4.38. The van der Waals surface area contributed by atoms with Gasteiger partial charge >= 0.3 is 6.03 Å². The first-order chi connectivity index (χ1) is 11.1. The molecule has 6 heteroatoms. The summed E-state index contributed by atoms with van der Waals surface area (Å²) in [7, 11) is 0. The van der Waals surface area contributed by atoms with Crippen LogP contribution in [0, 0.1) is 12.8 Å². The van der Waals surface area contributed by atoms with Gasteiger partial charge in [0.05, 0.1) is 22.4 Å². The molecule has 1 aliphatic rings. The molecule has 23 heavy (non-hydrogen) atoms. The van der Waals surface area contributed by atoms with Crippen molar-refractivity contribution in [3.8, 4) is 0 Å². The average Bonchev–Trinajstić information content (AvgIpc) is 2.54. The van der Waals surface area contributed by atoms with Gasteiger partial charge in [-0.2, -0.15) is 0 Å². The summed E-state index contributed by atoms with van der Waals surface area (Å²) >= 11 is 0. The molecule has 1 aromatic heterocycles. The van der Waals surface area contributed by atoms with Crippen LogP contribution in [0.3, 0.4) is 0 Å². The van der Waals surface area contributed by atoms with Gasteiger partial charge in [0.25, 0.3) is 0 Å². The molecule has 0 radical (unpaired) electrons. The Morgan fingerprint density at radius 3 is 2.83 bits per heavy atom. The summed E-state index contributed by atoms with van der Waals surface area (Å²) in [5, 5.41) is 2.72. The van der Waals surface area contributed by atoms with Crippen molar-refractivity contribution in [2.45, 2.75) is 26.3 Å². The van der Waals surface area contributed by atoms with Crippen LogP contribution in [0.5, 0.6) is 0 Å². The Bertz CT molecular complexity index is 702. The minimum atomic E-state index is -0.446. The third kappa shape index (κ3) is 3.96. The molecule has 1 atom stereocenters. The van der Waals surface area contributed by atoms with Gasteiger partial charge in [-0.3, -0.25) is 4.90 Å². The van der Waals surface area contributed by atoms with E-state index in [0.29, 0.717) is 12.5 Å². The molecule has 0 saturated carbocycles. The van der Waals surface area contributed by atoms with Crippen molar-refractivity contribution in [1.29, 1.82) is 0 Å². The molecule has 1 saturated heterocycles. The van der Waals surface area contributed by atoms with E-state index in [1.165, 1.54) is 0 Å². The fourth-order valence-electron chi connectivity index (χ4n) is 3.19. The maximum absolute atomic E-state index is 10.9. The molecule has 2 heterocycles. The Balaban J connectivity index is 1.68. The molecule has 0 bridgehead atoms. The van der Waals surface area contributed by atoms with E-state index in [9.17, 15) is 4.79 Å². The smallest absolute Gasteiger partial charge is 0.312 e. The number of benzene rings is 1. The molecule has 0 unspecified atom stereocenters. The topological polar surface area (TPSA) is 84.1 Å². The molecule has 6 nitrogen and oxygen atoms in total. The second-order valence-electron chi connectivity index (χ2n) is 6.23. The SMILES string of the molecule is Cc1nc2ccccc2nc1CN1CCC[C@@H](CNC(N)=O)C1. The van der Waals surface area contributed by atoms with Gasteiger partial charge in [-0.1, -0.05) is 12.1 Å². The number of para-hydroxylation sites is 2. The van der Waals surface area contributed by atoms with Crippen LogP contribution in [0.15, 0.2) is 24.3 Å². The molecule has 1 aliphatic heterocycles. The van der Waals surface area contributed by atoms with Crippen LogP contribution < -0.4 is 11.1 Å². The van der Waals surface area contributed by atoms with E-state index >= 15 is 0 Å². The first kappa shape index (κ1) is 15.7. The molecule has 2 amide bonds. The number of carbonyl (C=O) groups excluding carboxylic acids is 1. The molecule has 0 aliphatic carbocycles. The van der Waals surface area contributed by atoms with Crippen molar-refractivity contribution in [2.24, 2.45) is 11.7 Å². The lowest BCUT2D eigenvalue weighted by atomic mass is 9.98. The third-order valence-corrected chi connectivity index (χ3v) is 4.38. The lowest BCUT2D eigenvalue weighted by molar-refractivity contribution is 0.164. The minimum absolute atomic E-state index is 0.446. The Hall–Kier alpha value is -2.21. The highest BCUT2D eigenvalue weighted by Gasteiger charge is 2.21. The van der Waals surface area contributed by atoms with Gasteiger partial charge in [0.2, 0.25) is 0 Å². The monoisotopic (exact) mass is 313 g/mol. The quantitative estimate of drug-likeness (QED) is 0.902. The van der Waals surface area contributed by atoms with Gasteiger partial charge in [0, 0.05) is 19.6 Å². The maximum atomic E-state index is 10.9. The second-order valence-corrected chi connectivity index (χ2v) is 6.23. The van der Waals surface area contributed by atoms with Gasteiger partial charge in [-0.15, -0.1) is 0 Å². The van der Waals surface area contributed by atoms with Crippen molar-refractivity contribution >= 4 is 17.1 Å². The minimum Gasteiger partial charge on any atom is -0.352 e. The first-order valence-corrected chi connectivity index (χ1v) is 8.10. The molecule has 3 N–H and O–H groups in total. The van der Waals surface area contributed by atoms with Crippen molar-refractivity contribution in [3.05, 3.63) is 35.7 Å². The number of nitrogens with two attached hydrogens (primary N) is 1. The number of rotatable bonds is 4. The number of carbonyl (C=O) groups is 1. The summed E-state index contributed by atoms with van der Waals surface area (Å²) < 4.78 is 0. The zero-order chi connectivity index (χ0) is 16.2. The number of nitrogens with one attached hydrogen (secondary N) is 1. The van der Waals surface area contributed by atoms with Crippen LogP contribution in [-0.4, -0.2) is 40.5 Å². The number of aromatic nitrogens is 2. The number of urea groups is 1. The number of aryl methyl sites for hydroxylation is 1. The van der Waals surface area contributed by atoms with E-state index in [1.54, 1.807) is 0 Å². The summed E-state index contributed by atoms with van der Waals surface area (Å²) in [4.78, 5) is 22.7. The lowest BCUT2D eigenvalue weighted by Gasteiger charge is -2.32. The zero-order valence-electron chi connectivity index (χ0n) is 13.5. The normalized spacial score (nSPS) is 18.9. The Kier molecular flexibility index (Phi) is 4.71. The van der Waals surface area contributed by atoms with E-state index in [2.05, 4.69) is 15.2 Å². The average molecular weight is 313 g/mol. The summed E-state index contributed by atoms with van der Waals surface area (Å²) in [5.41, 5.74) is 9.06. The molecule has 0 spiro atoms. The van der Waals surface area contributed by atoms with Crippen LogP contribution in [0.4, 0.5) is 4.79 Å². The number of hydrogen-bond acceptors (Lipinski definition) is 4. The Labute approximate surface area is 136 Å². The summed E-state index contributed by atoms with van der Waals surface area (Å²) in [6.45, 7) is 5.48. The van der Waals surface area contributed by atoms with Crippen molar-refractivity contribution < 1.29 is 4.79 Å². The summed E-state index contributed by atoms with van der Waals surface area (Å²) in [6, 6.07) is 7.52. The van der Waals surface area contributed by atoms with E-state index in [4.69, 9.17) is 10.7 Å². The van der Waals surface area contributed by atoms with Gasteiger partial charge in [0.15, 0.2) is 0 Å². The molecule has 2 aromatic rings. The second kappa shape index (κ2) is 6.91. The highest BCUT2D eigenvalue weighted by molar-refractivity contribution is 5.74. The predicted octanol–water partition coefficient (Wildman–Crippen LogP) is 1.82. The van der Waals surface area contributed by atoms with Gasteiger partial charge in [0.1, 0.15) is 0 Å². The van der Waals surface area contributed by atoms with Crippen LogP contribution in [0.1, 0.15) is 24.2 Å². The van der Waals surface area contributed by atoms with Crippen LogP contribution in [0.25, 0.3) is 11.0 Å². The highest BCUT2D eigenvalue weighted by Crippen LogP contribution is 2.19. The van der Waals surface area contributed by atoms with Gasteiger partial charge in [-0.05, 0) is 44.4 Å². The maximum Gasteiger partial charge on any atom is 0.312 e. The Morgan fingerprint density at radius 2 is 2.09 bits per heavy atom. The van der Waals surface area contributed by atoms with Gasteiger partial charge < -0.3 is 11.1 Å². The number of primary amides is 1. The summed E-state index contributed by atoms with van der Waals surface area (Å²) in [5.74, 6) is 0.449. The van der Waals surface area contributed by atoms with E-state index in [1.807, 2.05) is 31.2 Å². The lowest BCUT2D eigenvalue weighted by Crippen LogP contribution is -2.42. The number of piperidine rings is 1. The molecule has 1 fully saturated rings. The highest BCUT2D eigenvalue weighted by atomic mass is 16.2. The predicted molar refractivity (Wildman–Crippen MR) is 89.9 cm³/mol. The number of amides is 2. The van der Waals surface area contributed by atoms with Crippen LogP contribution in [0.2, 0.25) is 0 Å². The van der Waals surface area contributed by atoms with Crippen LogP contribution in [-0.2, 0) is 6.54 Å². The van der Waals surface area contributed by atoms with Crippen molar-refractivity contribution in [3.63, 3.8) is 0 Å². The molecular formula is C17H23N5O. The van der Waals surface area contributed by atoms with Crippen LogP contribution >= 0.6 is 0 Å². The zero-order valence-corrected chi connectivity index (χ0v) is 13.5. The Morgan fingerprint density at radius 1 is 1.35 bits per heavy atom. The fraction of sp³-hybridized carbons (Fsp3) is 0.471. The molecule has 122 valence electrons. The van der Waals surface area contributed by atoms with Gasteiger partial charge in [-0.25, -0.2) is 14.8 Å². The molecular weight excluding hydrogens is 290 g/mol. The largest absolute Gasteiger partial charge is 0.352 e. The number of fused-ring (bicyclic) bond motifs is 1.